The lowest BCUT2D eigenvalue weighted by Crippen LogP contribution is -2.01. The summed E-state index contributed by atoms with van der Waals surface area (Å²) in [5.74, 6) is 1.50. The first kappa shape index (κ1) is 13.0. The molecule has 0 bridgehead atoms. The van der Waals surface area contributed by atoms with Crippen LogP contribution < -0.4 is 5.32 Å². The Bertz CT molecular complexity index is 836. The van der Waals surface area contributed by atoms with E-state index in [9.17, 15) is 0 Å². The van der Waals surface area contributed by atoms with E-state index in [4.69, 9.17) is 0 Å². The molecule has 0 spiro atoms. The van der Waals surface area contributed by atoms with Crippen LogP contribution in [-0.4, -0.2) is 9.97 Å². The van der Waals surface area contributed by atoms with Crippen LogP contribution in [0.15, 0.2) is 67.1 Å². The van der Waals surface area contributed by atoms with Crippen molar-refractivity contribution in [3.05, 3.63) is 67.1 Å². The summed E-state index contributed by atoms with van der Waals surface area (Å²) in [6, 6.07) is 14.4. The average molecular weight is 287 g/mol. The van der Waals surface area contributed by atoms with E-state index in [-0.39, 0.29) is 0 Å². The van der Waals surface area contributed by atoms with Crippen LogP contribution in [0.5, 0.6) is 0 Å². The lowest BCUT2D eigenvalue weighted by Gasteiger charge is -2.09. The molecule has 0 aliphatic heterocycles. The van der Waals surface area contributed by atoms with E-state index in [0.717, 1.165) is 28.2 Å². The summed E-state index contributed by atoms with van der Waals surface area (Å²) in [6.45, 7) is 4.09. The predicted octanol–water partition coefficient (Wildman–Crippen LogP) is 4.63. The van der Waals surface area contributed by atoms with Crippen molar-refractivity contribution < 1.29 is 0 Å². The number of benzene rings is 1. The second-order valence-electron chi connectivity index (χ2n) is 5.77. The van der Waals surface area contributed by atoms with E-state index in [0.29, 0.717) is 5.92 Å². The molecule has 3 heteroatoms. The average Bonchev–Trinajstić information content (AvgIpc) is 3.40. The third-order valence-corrected chi connectivity index (χ3v) is 4.04. The van der Waals surface area contributed by atoms with Crippen LogP contribution in [0, 0.1) is 5.92 Å². The first-order valence-corrected chi connectivity index (χ1v) is 7.57. The van der Waals surface area contributed by atoms with Crippen LogP contribution in [0.4, 0.5) is 5.82 Å². The standard InChI is InChI=1S/C19H17N3/c1-13(14-5-6-14)22-19-11-15-7-8-16(10-17(15)12-21-19)18-4-2-3-9-20-18/h2-4,7-12,14H,1,5-6H2,(H,21,22). The first-order chi connectivity index (χ1) is 10.8. The maximum Gasteiger partial charge on any atom is 0.130 e. The molecule has 1 aromatic carbocycles. The highest BCUT2D eigenvalue weighted by Gasteiger charge is 2.24. The number of hydrogen-bond donors (Lipinski definition) is 1. The van der Waals surface area contributed by atoms with Gasteiger partial charge in [0, 0.05) is 29.0 Å². The summed E-state index contributed by atoms with van der Waals surface area (Å²) in [5, 5.41) is 5.61. The number of anilines is 1. The van der Waals surface area contributed by atoms with Crippen molar-refractivity contribution in [2.45, 2.75) is 12.8 Å². The molecule has 3 nitrogen and oxygen atoms in total. The van der Waals surface area contributed by atoms with Crippen LogP contribution in [0.2, 0.25) is 0 Å². The predicted molar refractivity (Wildman–Crippen MR) is 90.5 cm³/mol. The summed E-state index contributed by atoms with van der Waals surface area (Å²) in [5.41, 5.74) is 3.17. The molecule has 0 radical (unpaired) electrons. The van der Waals surface area contributed by atoms with Crippen molar-refractivity contribution in [3.63, 3.8) is 0 Å². The number of fused-ring (bicyclic) bond motifs is 1. The SMILES string of the molecule is C=C(Nc1cc2ccc(-c3ccccn3)cc2cn1)C1CC1. The monoisotopic (exact) mass is 287 g/mol. The highest BCUT2D eigenvalue weighted by molar-refractivity contribution is 5.88. The van der Waals surface area contributed by atoms with E-state index in [1.54, 1.807) is 0 Å². The molecule has 108 valence electrons. The molecule has 0 unspecified atom stereocenters. The Morgan fingerprint density at radius 2 is 1.95 bits per heavy atom. The molecule has 2 aromatic heterocycles. The van der Waals surface area contributed by atoms with Crippen LogP contribution in [-0.2, 0) is 0 Å². The van der Waals surface area contributed by atoms with Gasteiger partial charge in [0.05, 0.1) is 5.69 Å². The van der Waals surface area contributed by atoms with Crippen LogP contribution in [0.1, 0.15) is 12.8 Å². The maximum absolute atomic E-state index is 4.50. The minimum absolute atomic E-state index is 0.629. The van der Waals surface area contributed by atoms with Crippen molar-refractivity contribution in [2.75, 3.05) is 5.32 Å². The summed E-state index contributed by atoms with van der Waals surface area (Å²) in [7, 11) is 0. The third-order valence-electron chi connectivity index (χ3n) is 4.04. The molecule has 1 aliphatic rings. The van der Waals surface area contributed by atoms with E-state index in [1.165, 1.54) is 18.2 Å². The lowest BCUT2D eigenvalue weighted by atomic mass is 10.1. The van der Waals surface area contributed by atoms with Crippen molar-refractivity contribution in [1.82, 2.24) is 9.97 Å². The first-order valence-electron chi connectivity index (χ1n) is 7.57. The Kier molecular flexibility index (Phi) is 3.11. The summed E-state index contributed by atoms with van der Waals surface area (Å²) < 4.78 is 0. The van der Waals surface area contributed by atoms with Gasteiger partial charge in [0.2, 0.25) is 0 Å². The second kappa shape index (κ2) is 5.26. The number of hydrogen-bond acceptors (Lipinski definition) is 3. The topological polar surface area (TPSA) is 37.8 Å². The maximum atomic E-state index is 4.50. The van der Waals surface area contributed by atoms with Crippen LogP contribution >= 0.6 is 0 Å². The normalized spacial score (nSPS) is 14.0. The number of allylic oxidation sites excluding steroid dienone is 1. The van der Waals surface area contributed by atoms with Crippen molar-refractivity contribution in [3.8, 4) is 11.3 Å². The van der Waals surface area contributed by atoms with Gasteiger partial charge in [-0.05, 0) is 48.4 Å². The van der Waals surface area contributed by atoms with Gasteiger partial charge in [-0.2, -0.15) is 0 Å². The molecule has 1 aliphatic carbocycles. The zero-order chi connectivity index (χ0) is 14.9. The Morgan fingerprint density at radius 3 is 2.73 bits per heavy atom. The molecule has 1 N–H and O–H groups in total. The fourth-order valence-electron chi connectivity index (χ4n) is 2.60. The Balaban J connectivity index is 1.65. The summed E-state index contributed by atoms with van der Waals surface area (Å²) >= 11 is 0. The number of pyridine rings is 2. The molecular weight excluding hydrogens is 270 g/mol. The van der Waals surface area contributed by atoms with Crippen LogP contribution in [0.25, 0.3) is 22.0 Å². The van der Waals surface area contributed by atoms with Gasteiger partial charge >= 0.3 is 0 Å². The van der Waals surface area contributed by atoms with Gasteiger partial charge in [-0.25, -0.2) is 4.98 Å². The summed E-state index contributed by atoms with van der Waals surface area (Å²) in [6.07, 6.45) is 6.21. The van der Waals surface area contributed by atoms with E-state index >= 15 is 0 Å². The van der Waals surface area contributed by atoms with Crippen molar-refractivity contribution in [1.29, 1.82) is 0 Å². The number of nitrogens with zero attached hydrogens (tertiary/aromatic N) is 2. The number of nitrogens with one attached hydrogen (secondary N) is 1. The van der Waals surface area contributed by atoms with Gasteiger partial charge in [-0.3, -0.25) is 4.98 Å². The molecule has 0 amide bonds. The van der Waals surface area contributed by atoms with Gasteiger partial charge in [-0.1, -0.05) is 24.8 Å². The molecule has 0 atom stereocenters. The van der Waals surface area contributed by atoms with Gasteiger partial charge in [0.15, 0.2) is 0 Å². The van der Waals surface area contributed by atoms with Crippen LogP contribution in [0.3, 0.4) is 0 Å². The quantitative estimate of drug-likeness (QED) is 0.760. The number of aromatic nitrogens is 2. The molecule has 3 aromatic rings. The third kappa shape index (κ3) is 2.58. The Morgan fingerprint density at radius 1 is 1.05 bits per heavy atom. The van der Waals surface area contributed by atoms with E-state index in [1.807, 2.05) is 30.6 Å². The van der Waals surface area contributed by atoms with Gasteiger partial charge < -0.3 is 5.32 Å². The zero-order valence-electron chi connectivity index (χ0n) is 12.3. The molecular formula is C19H17N3. The Labute approximate surface area is 129 Å². The van der Waals surface area contributed by atoms with E-state index < -0.39 is 0 Å². The Hall–Kier alpha value is -2.68. The molecule has 2 heterocycles. The molecule has 22 heavy (non-hydrogen) atoms. The van der Waals surface area contributed by atoms with Gasteiger partial charge in [0.25, 0.3) is 0 Å². The second-order valence-corrected chi connectivity index (χ2v) is 5.77. The molecule has 4 rings (SSSR count). The molecule has 1 saturated carbocycles. The summed E-state index contributed by atoms with van der Waals surface area (Å²) in [4.78, 5) is 8.89. The lowest BCUT2D eigenvalue weighted by molar-refractivity contribution is 1.01. The van der Waals surface area contributed by atoms with Crippen molar-refractivity contribution in [2.24, 2.45) is 5.92 Å². The van der Waals surface area contributed by atoms with Gasteiger partial charge in [-0.15, -0.1) is 0 Å². The largest absolute Gasteiger partial charge is 0.344 e. The smallest absolute Gasteiger partial charge is 0.130 e. The highest BCUT2D eigenvalue weighted by Crippen LogP contribution is 2.35. The van der Waals surface area contributed by atoms with E-state index in [2.05, 4.69) is 46.1 Å². The van der Waals surface area contributed by atoms with Gasteiger partial charge in [0.1, 0.15) is 5.82 Å². The minimum atomic E-state index is 0.629. The molecule has 0 saturated heterocycles. The highest BCUT2D eigenvalue weighted by atomic mass is 15.0. The fraction of sp³-hybridized carbons (Fsp3) is 0.158. The number of rotatable bonds is 4. The zero-order valence-corrected chi connectivity index (χ0v) is 12.3. The minimum Gasteiger partial charge on any atom is -0.344 e. The van der Waals surface area contributed by atoms with Crippen molar-refractivity contribution >= 4 is 16.6 Å². The fourth-order valence-corrected chi connectivity index (χ4v) is 2.60. The molecule has 1 fully saturated rings.